The van der Waals surface area contributed by atoms with Crippen LogP contribution in [0.25, 0.3) is 5.76 Å². The Labute approximate surface area is 161 Å². The van der Waals surface area contributed by atoms with Crippen molar-refractivity contribution in [3.63, 3.8) is 0 Å². The molecule has 148 valence electrons. The predicted molar refractivity (Wildman–Crippen MR) is 99.9 cm³/mol. The number of halogens is 1. The molecule has 0 aromatic heterocycles. The van der Waals surface area contributed by atoms with Crippen LogP contribution in [0.3, 0.4) is 0 Å². The maximum absolute atomic E-state index is 13.0. The molecule has 0 unspecified atom stereocenters. The summed E-state index contributed by atoms with van der Waals surface area (Å²) in [5.41, 5.74) is 0.719. The monoisotopic (exact) mass is 388 g/mol. The second-order valence-corrected chi connectivity index (χ2v) is 6.92. The number of hydrogen-bond acceptors (Lipinski definition) is 5. The van der Waals surface area contributed by atoms with Crippen molar-refractivity contribution in [1.82, 2.24) is 4.90 Å². The van der Waals surface area contributed by atoms with E-state index >= 15 is 0 Å². The first-order valence-corrected chi connectivity index (χ1v) is 9.03. The zero-order valence-electron chi connectivity index (χ0n) is 15.7. The van der Waals surface area contributed by atoms with E-state index in [1.54, 1.807) is 6.92 Å². The average Bonchev–Trinajstić information content (AvgIpc) is 2.73. The van der Waals surface area contributed by atoms with Crippen LogP contribution in [0.15, 0.2) is 17.7 Å². The molecule has 1 saturated carbocycles. The molecular formula is C20H21FN2O5. The number of Topliss-reactive ketones (excluding diaryl/α,β-unsaturated/α-hetero) is 2. The van der Waals surface area contributed by atoms with Gasteiger partial charge in [-0.1, -0.05) is 0 Å². The van der Waals surface area contributed by atoms with E-state index in [-0.39, 0.29) is 48.5 Å². The van der Waals surface area contributed by atoms with Gasteiger partial charge in [-0.2, -0.15) is 0 Å². The third kappa shape index (κ3) is 3.19. The van der Waals surface area contributed by atoms with Crippen LogP contribution in [-0.2, 0) is 14.4 Å². The van der Waals surface area contributed by atoms with E-state index in [0.29, 0.717) is 17.7 Å². The molecule has 7 nitrogen and oxygen atoms in total. The molecule has 0 spiro atoms. The standard InChI is InChI=1S/C20H21FN2O5/c1-11-12(19(27)18-14(24)4-3-5-15(18)25)6-7-13-17(11)20(28)23(9-8-21)10-16(26)22(13)2/h6-7,27H,3-5,8-10H2,1-2H3. The van der Waals surface area contributed by atoms with Crippen LogP contribution in [-0.4, -0.2) is 60.2 Å². The van der Waals surface area contributed by atoms with E-state index in [4.69, 9.17) is 0 Å². The number of nitrogens with zero attached hydrogens (tertiary/aromatic N) is 2. The number of anilines is 1. The lowest BCUT2D eigenvalue weighted by atomic mass is 9.88. The van der Waals surface area contributed by atoms with Crippen LogP contribution in [0.4, 0.5) is 10.1 Å². The summed E-state index contributed by atoms with van der Waals surface area (Å²) >= 11 is 0. The smallest absolute Gasteiger partial charge is 0.256 e. The molecule has 1 aromatic carbocycles. The summed E-state index contributed by atoms with van der Waals surface area (Å²) in [6.45, 7) is 0.283. The van der Waals surface area contributed by atoms with Gasteiger partial charge in [-0.25, -0.2) is 4.39 Å². The number of fused-ring (bicyclic) bond motifs is 1. The van der Waals surface area contributed by atoms with Gasteiger partial charge in [0.25, 0.3) is 5.91 Å². The number of aliphatic hydroxyl groups is 1. The lowest BCUT2D eigenvalue weighted by Gasteiger charge is -2.21. The Morgan fingerprint density at radius 1 is 1.14 bits per heavy atom. The Bertz CT molecular complexity index is 903. The molecule has 1 aliphatic heterocycles. The Kier molecular flexibility index (Phi) is 5.31. The third-order valence-corrected chi connectivity index (χ3v) is 5.22. The molecule has 8 heteroatoms. The number of ketones is 2. The third-order valence-electron chi connectivity index (χ3n) is 5.22. The Morgan fingerprint density at radius 2 is 1.79 bits per heavy atom. The van der Waals surface area contributed by atoms with Gasteiger partial charge < -0.3 is 14.9 Å². The molecular weight excluding hydrogens is 367 g/mol. The highest BCUT2D eigenvalue weighted by Gasteiger charge is 2.33. The highest BCUT2D eigenvalue weighted by atomic mass is 19.1. The van der Waals surface area contributed by atoms with Crippen LogP contribution >= 0.6 is 0 Å². The number of aliphatic hydroxyl groups excluding tert-OH is 1. The summed E-state index contributed by atoms with van der Waals surface area (Å²) in [7, 11) is 1.51. The van der Waals surface area contributed by atoms with Gasteiger partial charge in [0.1, 0.15) is 24.6 Å². The maximum atomic E-state index is 13.0. The molecule has 0 atom stereocenters. The Balaban J connectivity index is 2.20. The van der Waals surface area contributed by atoms with E-state index in [2.05, 4.69) is 0 Å². The van der Waals surface area contributed by atoms with E-state index in [1.807, 2.05) is 0 Å². The molecule has 1 aromatic rings. The number of alkyl halides is 1. The van der Waals surface area contributed by atoms with Gasteiger partial charge in [-0.05, 0) is 31.0 Å². The summed E-state index contributed by atoms with van der Waals surface area (Å²) in [5.74, 6) is -2.23. The first kappa shape index (κ1) is 19.7. The molecule has 1 fully saturated rings. The quantitative estimate of drug-likeness (QED) is 0.485. The predicted octanol–water partition coefficient (Wildman–Crippen LogP) is 1.97. The second-order valence-electron chi connectivity index (χ2n) is 6.92. The molecule has 1 aliphatic carbocycles. The van der Waals surface area contributed by atoms with Gasteiger partial charge >= 0.3 is 0 Å². The van der Waals surface area contributed by atoms with Gasteiger partial charge in [0, 0.05) is 32.0 Å². The van der Waals surface area contributed by atoms with Crippen molar-refractivity contribution in [2.45, 2.75) is 26.2 Å². The van der Waals surface area contributed by atoms with Crippen LogP contribution in [0.2, 0.25) is 0 Å². The van der Waals surface area contributed by atoms with Crippen LogP contribution in [0, 0.1) is 6.92 Å². The molecule has 1 N–H and O–H groups in total. The number of benzene rings is 1. The molecule has 28 heavy (non-hydrogen) atoms. The number of carbonyl (C=O) groups excluding carboxylic acids is 4. The van der Waals surface area contributed by atoms with Gasteiger partial charge in [-0.15, -0.1) is 0 Å². The zero-order valence-corrected chi connectivity index (χ0v) is 15.7. The summed E-state index contributed by atoms with van der Waals surface area (Å²) < 4.78 is 12.9. The van der Waals surface area contributed by atoms with Gasteiger partial charge in [0.05, 0.1) is 11.3 Å². The Hall–Kier alpha value is -3.03. The van der Waals surface area contributed by atoms with Crippen LogP contribution in [0.5, 0.6) is 0 Å². The molecule has 0 saturated heterocycles. The lowest BCUT2D eigenvalue weighted by Crippen LogP contribution is -2.38. The minimum Gasteiger partial charge on any atom is -0.506 e. The van der Waals surface area contributed by atoms with Crippen LogP contribution in [0.1, 0.15) is 40.7 Å². The van der Waals surface area contributed by atoms with Gasteiger partial charge in [0.15, 0.2) is 11.6 Å². The second kappa shape index (κ2) is 7.53. The highest BCUT2D eigenvalue weighted by Crippen LogP contribution is 2.34. The molecule has 1 heterocycles. The van der Waals surface area contributed by atoms with Crippen molar-refractivity contribution in [3.8, 4) is 0 Å². The normalized spacial score (nSPS) is 17.8. The molecule has 0 bridgehead atoms. The fourth-order valence-corrected chi connectivity index (χ4v) is 3.63. The van der Waals surface area contributed by atoms with E-state index < -0.39 is 29.9 Å². The Morgan fingerprint density at radius 3 is 2.39 bits per heavy atom. The molecule has 2 aliphatic rings. The topological polar surface area (TPSA) is 95.0 Å². The highest BCUT2D eigenvalue weighted by molar-refractivity contribution is 6.26. The number of allylic oxidation sites excluding steroid dienone is 1. The number of amides is 2. The van der Waals surface area contributed by atoms with E-state index in [9.17, 15) is 28.7 Å². The van der Waals surface area contributed by atoms with Gasteiger partial charge in [-0.3, -0.25) is 19.2 Å². The summed E-state index contributed by atoms with van der Waals surface area (Å²) in [4.78, 5) is 52.0. The number of likely N-dealkylation sites (N-methyl/N-ethyl adjacent to an activating group) is 1. The van der Waals surface area contributed by atoms with Crippen molar-refractivity contribution < 1.29 is 28.7 Å². The summed E-state index contributed by atoms with van der Waals surface area (Å²) in [5, 5.41) is 10.7. The fraction of sp³-hybridized carbons (Fsp3) is 0.400. The summed E-state index contributed by atoms with van der Waals surface area (Å²) in [6, 6.07) is 2.97. The van der Waals surface area contributed by atoms with Crippen molar-refractivity contribution in [1.29, 1.82) is 0 Å². The maximum Gasteiger partial charge on any atom is 0.256 e. The van der Waals surface area contributed by atoms with Crippen molar-refractivity contribution in [2.75, 3.05) is 31.7 Å². The number of hydrogen-bond donors (Lipinski definition) is 1. The lowest BCUT2D eigenvalue weighted by molar-refractivity contribution is -0.124. The SMILES string of the molecule is Cc1c(C(O)=C2C(=O)CCCC2=O)ccc2c1C(=O)N(CCF)CC(=O)N2C. The summed E-state index contributed by atoms with van der Waals surface area (Å²) in [6.07, 6.45) is 0.798. The van der Waals surface area contributed by atoms with Crippen molar-refractivity contribution in [3.05, 3.63) is 34.4 Å². The fourth-order valence-electron chi connectivity index (χ4n) is 3.63. The number of carbonyl (C=O) groups is 4. The van der Waals surface area contributed by atoms with Crippen molar-refractivity contribution in [2.24, 2.45) is 0 Å². The first-order chi connectivity index (χ1) is 13.3. The van der Waals surface area contributed by atoms with Crippen molar-refractivity contribution >= 4 is 34.8 Å². The molecule has 0 radical (unpaired) electrons. The van der Waals surface area contributed by atoms with E-state index in [0.717, 1.165) is 4.90 Å². The van der Waals surface area contributed by atoms with Crippen LogP contribution < -0.4 is 4.90 Å². The van der Waals surface area contributed by atoms with E-state index in [1.165, 1.54) is 24.1 Å². The molecule has 3 rings (SSSR count). The minimum atomic E-state index is -0.797. The minimum absolute atomic E-state index is 0.141. The first-order valence-electron chi connectivity index (χ1n) is 9.03. The molecule has 2 amide bonds. The van der Waals surface area contributed by atoms with Gasteiger partial charge in [0.2, 0.25) is 5.91 Å². The average molecular weight is 388 g/mol. The number of rotatable bonds is 3. The largest absolute Gasteiger partial charge is 0.506 e. The zero-order chi connectivity index (χ0) is 20.6.